The van der Waals surface area contributed by atoms with Gasteiger partial charge >= 0.3 is 5.97 Å². The van der Waals surface area contributed by atoms with Gasteiger partial charge in [-0.05, 0) is 44.5 Å². The van der Waals surface area contributed by atoms with Gasteiger partial charge in [-0.2, -0.15) is 0 Å². The standard InChI is InChI=1S/C16H16N2O6/c1-8-6-9(2)14(18(22)23)10(3)13(8)15(19)17-7-11-4-5-12(24-11)16(20)21/h4-6H,7H2,1-3H3,(H,17,19)(H,20,21). The predicted octanol–water partition coefficient (Wildman–Crippen LogP) is 2.74. The Morgan fingerprint density at radius 3 is 2.46 bits per heavy atom. The monoisotopic (exact) mass is 332 g/mol. The highest BCUT2D eigenvalue weighted by Gasteiger charge is 2.23. The number of aromatic carboxylic acids is 1. The fourth-order valence-corrected chi connectivity index (χ4v) is 2.65. The van der Waals surface area contributed by atoms with E-state index in [9.17, 15) is 19.7 Å². The highest BCUT2D eigenvalue weighted by atomic mass is 16.6. The van der Waals surface area contributed by atoms with Gasteiger partial charge in [0.25, 0.3) is 11.6 Å². The second kappa shape index (κ2) is 6.53. The molecular formula is C16H16N2O6. The highest BCUT2D eigenvalue weighted by molar-refractivity contribution is 5.98. The van der Waals surface area contributed by atoms with E-state index in [0.717, 1.165) is 0 Å². The zero-order chi connectivity index (χ0) is 18.0. The molecule has 0 spiro atoms. The third-order valence-electron chi connectivity index (χ3n) is 3.64. The van der Waals surface area contributed by atoms with E-state index < -0.39 is 16.8 Å². The lowest BCUT2D eigenvalue weighted by Crippen LogP contribution is -2.25. The molecule has 126 valence electrons. The molecule has 8 heteroatoms. The van der Waals surface area contributed by atoms with E-state index in [4.69, 9.17) is 9.52 Å². The van der Waals surface area contributed by atoms with Crippen LogP contribution in [0.3, 0.4) is 0 Å². The third-order valence-corrected chi connectivity index (χ3v) is 3.64. The van der Waals surface area contributed by atoms with E-state index in [1.54, 1.807) is 19.9 Å². The number of nitrogens with zero attached hydrogens (tertiary/aromatic N) is 1. The number of rotatable bonds is 5. The Kier molecular flexibility index (Phi) is 4.68. The van der Waals surface area contributed by atoms with E-state index in [-0.39, 0.29) is 29.3 Å². The third kappa shape index (κ3) is 3.27. The van der Waals surface area contributed by atoms with Crippen LogP contribution in [0.1, 0.15) is 43.4 Å². The first-order chi connectivity index (χ1) is 11.2. The zero-order valence-corrected chi connectivity index (χ0v) is 13.4. The topological polar surface area (TPSA) is 123 Å². The van der Waals surface area contributed by atoms with Gasteiger partial charge in [-0.15, -0.1) is 0 Å². The lowest BCUT2D eigenvalue weighted by atomic mass is 9.97. The summed E-state index contributed by atoms with van der Waals surface area (Å²) < 4.78 is 5.05. The van der Waals surface area contributed by atoms with Crippen LogP contribution in [0.4, 0.5) is 5.69 Å². The van der Waals surface area contributed by atoms with Gasteiger partial charge in [0.05, 0.1) is 17.0 Å². The van der Waals surface area contributed by atoms with Crippen LogP contribution < -0.4 is 5.32 Å². The SMILES string of the molecule is Cc1cc(C)c([N+](=O)[O-])c(C)c1C(=O)NCc1ccc(C(=O)O)o1. The Hall–Kier alpha value is -3.16. The normalized spacial score (nSPS) is 10.5. The minimum absolute atomic E-state index is 0.0212. The molecule has 1 aromatic carbocycles. The molecule has 0 saturated heterocycles. The van der Waals surface area contributed by atoms with Crippen molar-refractivity contribution in [3.05, 3.63) is 62.1 Å². The number of hydrogen-bond acceptors (Lipinski definition) is 5. The summed E-state index contributed by atoms with van der Waals surface area (Å²) in [7, 11) is 0. The van der Waals surface area contributed by atoms with Crippen molar-refractivity contribution >= 4 is 17.6 Å². The molecule has 1 heterocycles. The van der Waals surface area contributed by atoms with Crippen molar-refractivity contribution in [2.45, 2.75) is 27.3 Å². The van der Waals surface area contributed by atoms with Crippen LogP contribution >= 0.6 is 0 Å². The number of nitro benzene ring substituents is 1. The van der Waals surface area contributed by atoms with Gasteiger partial charge in [0, 0.05) is 11.1 Å². The number of carboxylic acids is 1. The molecule has 0 aliphatic heterocycles. The largest absolute Gasteiger partial charge is 0.475 e. The Morgan fingerprint density at radius 1 is 1.25 bits per heavy atom. The van der Waals surface area contributed by atoms with Gasteiger partial charge in [0.2, 0.25) is 5.76 Å². The van der Waals surface area contributed by atoms with Crippen LogP contribution in [0.2, 0.25) is 0 Å². The van der Waals surface area contributed by atoms with Gasteiger partial charge in [-0.1, -0.05) is 0 Å². The van der Waals surface area contributed by atoms with Gasteiger partial charge in [0.15, 0.2) is 0 Å². The van der Waals surface area contributed by atoms with Crippen molar-refractivity contribution in [2.24, 2.45) is 0 Å². The molecule has 0 unspecified atom stereocenters. The van der Waals surface area contributed by atoms with E-state index in [2.05, 4.69) is 5.32 Å². The number of aryl methyl sites for hydroxylation is 2. The van der Waals surface area contributed by atoms with Crippen molar-refractivity contribution in [1.29, 1.82) is 0 Å². The molecule has 1 amide bonds. The molecule has 1 aromatic heterocycles. The number of nitro groups is 1. The highest BCUT2D eigenvalue weighted by Crippen LogP contribution is 2.28. The number of carboxylic acid groups (broad SMARTS) is 1. The summed E-state index contributed by atoms with van der Waals surface area (Å²) in [5.41, 5.74) is 1.55. The Labute approximate surface area is 137 Å². The van der Waals surface area contributed by atoms with Crippen molar-refractivity contribution < 1.29 is 24.0 Å². The smallest absolute Gasteiger partial charge is 0.371 e. The number of nitrogens with one attached hydrogen (secondary N) is 1. The van der Waals surface area contributed by atoms with Crippen molar-refractivity contribution in [3.63, 3.8) is 0 Å². The fraction of sp³-hybridized carbons (Fsp3) is 0.250. The molecule has 2 N–H and O–H groups in total. The quantitative estimate of drug-likeness (QED) is 0.641. The van der Waals surface area contributed by atoms with Crippen LogP contribution in [0, 0.1) is 30.9 Å². The molecule has 2 rings (SSSR count). The summed E-state index contributed by atoms with van der Waals surface area (Å²) in [4.78, 5) is 33.8. The Bertz CT molecular complexity index is 837. The van der Waals surface area contributed by atoms with E-state index >= 15 is 0 Å². The summed E-state index contributed by atoms with van der Waals surface area (Å²) in [6.07, 6.45) is 0. The van der Waals surface area contributed by atoms with E-state index in [1.807, 2.05) is 0 Å². The zero-order valence-electron chi connectivity index (χ0n) is 13.4. The summed E-state index contributed by atoms with van der Waals surface area (Å²) in [5, 5.41) is 22.6. The number of carbonyl (C=O) groups is 2. The van der Waals surface area contributed by atoms with Gasteiger partial charge < -0.3 is 14.8 Å². The van der Waals surface area contributed by atoms with E-state index in [0.29, 0.717) is 16.7 Å². The van der Waals surface area contributed by atoms with Crippen LogP contribution in [-0.4, -0.2) is 21.9 Å². The molecule has 0 radical (unpaired) electrons. The Balaban J connectivity index is 2.24. The molecule has 0 bridgehead atoms. The van der Waals surface area contributed by atoms with Crippen molar-refractivity contribution in [3.8, 4) is 0 Å². The first-order valence-electron chi connectivity index (χ1n) is 7.07. The summed E-state index contributed by atoms with van der Waals surface area (Å²) in [6, 6.07) is 4.33. The fourth-order valence-electron chi connectivity index (χ4n) is 2.65. The predicted molar refractivity (Wildman–Crippen MR) is 84.1 cm³/mol. The number of furan rings is 1. The first-order valence-corrected chi connectivity index (χ1v) is 7.07. The summed E-state index contributed by atoms with van der Waals surface area (Å²) in [5.74, 6) is -1.63. The summed E-state index contributed by atoms with van der Waals surface area (Å²) >= 11 is 0. The second-order valence-electron chi connectivity index (χ2n) is 5.37. The lowest BCUT2D eigenvalue weighted by molar-refractivity contribution is -0.386. The maximum Gasteiger partial charge on any atom is 0.371 e. The molecular weight excluding hydrogens is 316 g/mol. The van der Waals surface area contributed by atoms with Crippen molar-refractivity contribution in [1.82, 2.24) is 5.32 Å². The maximum atomic E-state index is 12.4. The number of amides is 1. The molecule has 0 fully saturated rings. The van der Waals surface area contributed by atoms with Crippen molar-refractivity contribution in [2.75, 3.05) is 0 Å². The average molecular weight is 332 g/mol. The van der Waals surface area contributed by atoms with Crippen LogP contribution in [0.5, 0.6) is 0 Å². The minimum Gasteiger partial charge on any atom is -0.475 e. The number of carbonyl (C=O) groups excluding carboxylic acids is 1. The molecule has 0 aliphatic rings. The second-order valence-corrected chi connectivity index (χ2v) is 5.37. The molecule has 8 nitrogen and oxygen atoms in total. The van der Waals surface area contributed by atoms with Crippen LogP contribution in [0.25, 0.3) is 0 Å². The van der Waals surface area contributed by atoms with E-state index in [1.165, 1.54) is 19.1 Å². The minimum atomic E-state index is -1.20. The molecule has 0 saturated carbocycles. The molecule has 0 aliphatic carbocycles. The van der Waals surface area contributed by atoms with Gasteiger partial charge in [-0.3, -0.25) is 14.9 Å². The lowest BCUT2D eigenvalue weighted by Gasteiger charge is -2.12. The van der Waals surface area contributed by atoms with Crippen LogP contribution in [0.15, 0.2) is 22.6 Å². The van der Waals surface area contributed by atoms with Crippen LogP contribution in [-0.2, 0) is 6.54 Å². The molecule has 2 aromatic rings. The average Bonchev–Trinajstić information content (AvgIpc) is 2.93. The molecule has 0 atom stereocenters. The summed E-state index contributed by atoms with van der Waals surface area (Å²) in [6.45, 7) is 4.83. The van der Waals surface area contributed by atoms with Gasteiger partial charge in [0.1, 0.15) is 5.76 Å². The van der Waals surface area contributed by atoms with Gasteiger partial charge in [-0.25, -0.2) is 4.79 Å². The Morgan fingerprint density at radius 2 is 1.92 bits per heavy atom. The first kappa shape index (κ1) is 17.2. The number of hydrogen-bond donors (Lipinski definition) is 2. The molecule has 24 heavy (non-hydrogen) atoms. The number of benzene rings is 1. The maximum absolute atomic E-state index is 12.4.